The molecular weight excluding hydrogens is 849 g/mol. The number of allylic oxidation sites excluding steroid dienone is 1. The fraction of sp³-hybridized carbons (Fsp3) is 0.525. The van der Waals surface area contributed by atoms with Crippen LogP contribution in [0.5, 0.6) is 17.2 Å². The molecule has 2 N–H and O–H groups in total. The van der Waals surface area contributed by atoms with Crippen molar-refractivity contribution >= 4 is 22.4 Å². The Bertz CT molecular complexity index is 2330. The monoisotopic (exact) mass is 927 g/mol. The van der Waals surface area contributed by atoms with Crippen LogP contribution in [0.25, 0.3) is 10.8 Å². The molecule has 7 rings (SSSR count). The van der Waals surface area contributed by atoms with Crippen LogP contribution in [0.15, 0.2) is 108 Å². The second kappa shape index (κ2) is 25.1. The number of aliphatic hydroxyl groups is 2. The molecule has 6 atom stereocenters. The van der Waals surface area contributed by atoms with E-state index in [1.807, 2.05) is 18.2 Å². The third-order valence-corrected chi connectivity index (χ3v) is 15.0. The van der Waals surface area contributed by atoms with E-state index in [0.29, 0.717) is 43.7 Å². The van der Waals surface area contributed by atoms with Crippen molar-refractivity contribution in [2.24, 2.45) is 22.9 Å². The fourth-order valence-corrected chi connectivity index (χ4v) is 11.5. The number of carbonyl (C=O) groups excluding carboxylic acids is 1. The predicted molar refractivity (Wildman–Crippen MR) is 274 cm³/mol. The molecule has 4 aromatic carbocycles. The standard InChI is InChI=1S/C59H78N2O7/c1-6-8-9-10-11-12-13-14-15-29-56(64)61(41-46-26-22-25-44-23-16-17-27-49(44)46)55-40-53(60-65-5)51-38-45(24-18-20-34-62)50(28-19-21-35-63)57-52-39-48(67-47-31-30-42(3)43(4)37-47)32-33-54(52)68-59(55,58(51)57)66-36-7-2/h7,16-17,22-23,25-27,30-33,37-39,45,50,55,57-58,62-63H,2,6,8-15,18-21,24,28-29,34-36,40-41H2,1,3-5H3. The van der Waals surface area contributed by atoms with Gasteiger partial charge in [-0.3, -0.25) is 4.79 Å². The summed E-state index contributed by atoms with van der Waals surface area (Å²) in [6.07, 6.45) is 20.3. The molecule has 0 spiro atoms. The van der Waals surface area contributed by atoms with Gasteiger partial charge in [-0.15, -0.1) is 6.58 Å². The number of ether oxygens (including phenoxy) is 3. The minimum atomic E-state index is -1.34. The number of hydrogen-bond acceptors (Lipinski definition) is 8. The van der Waals surface area contributed by atoms with Crippen molar-refractivity contribution in [3.8, 4) is 17.2 Å². The number of carbonyl (C=O) groups is 1. The molecule has 6 unspecified atom stereocenters. The molecule has 366 valence electrons. The van der Waals surface area contributed by atoms with E-state index in [-0.39, 0.29) is 43.5 Å². The van der Waals surface area contributed by atoms with Gasteiger partial charge in [0.2, 0.25) is 11.7 Å². The zero-order valence-corrected chi connectivity index (χ0v) is 41.4. The summed E-state index contributed by atoms with van der Waals surface area (Å²) in [6, 6.07) is 26.5. The van der Waals surface area contributed by atoms with E-state index in [1.165, 1.54) is 44.1 Å². The Morgan fingerprint density at radius 1 is 0.838 bits per heavy atom. The van der Waals surface area contributed by atoms with Crippen molar-refractivity contribution in [1.82, 2.24) is 4.90 Å². The van der Waals surface area contributed by atoms with E-state index in [9.17, 15) is 10.2 Å². The second-order valence-corrected chi connectivity index (χ2v) is 19.5. The highest BCUT2D eigenvalue weighted by Gasteiger charge is 2.65. The molecule has 3 aliphatic rings. The third-order valence-electron chi connectivity index (χ3n) is 15.0. The van der Waals surface area contributed by atoms with Crippen molar-refractivity contribution < 1.29 is 34.1 Å². The Hall–Kier alpha value is -4.96. The minimum absolute atomic E-state index is 0.0666. The molecule has 0 bridgehead atoms. The first-order valence-electron chi connectivity index (χ1n) is 25.9. The van der Waals surface area contributed by atoms with Crippen LogP contribution in [0.2, 0.25) is 0 Å². The van der Waals surface area contributed by atoms with Crippen molar-refractivity contribution in [2.75, 3.05) is 26.9 Å². The van der Waals surface area contributed by atoms with Gasteiger partial charge in [-0.25, -0.2) is 0 Å². The smallest absolute Gasteiger partial charge is 0.239 e. The van der Waals surface area contributed by atoms with Crippen LogP contribution in [0, 0.1) is 31.6 Å². The van der Waals surface area contributed by atoms with Gasteiger partial charge in [0, 0.05) is 44.1 Å². The van der Waals surface area contributed by atoms with Crippen LogP contribution < -0.4 is 9.47 Å². The summed E-state index contributed by atoms with van der Waals surface area (Å²) in [6.45, 7) is 11.4. The van der Waals surface area contributed by atoms with Crippen LogP contribution in [0.3, 0.4) is 0 Å². The van der Waals surface area contributed by atoms with Gasteiger partial charge in [-0.2, -0.15) is 0 Å². The Balaban J connectivity index is 1.37. The van der Waals surface area contributed by atoms with Gasteiger partial charge in [0.1, 0.15) is 30.4 Å². The molecule has 0 radical (unpaired) electrons. The van der Waals surface area contributed by atoms with Crippen LogP contribution in [-0.2, 0) is 20.9 Å². The number of oxime groups is 1. The summed E-state index contributed by atoms with van der Waals surface area (Å²) < 4.78 is 21.5. The van der Waals surface area contributed by atoms with Gasteiger partial charge in [0.05, 0.1) is 18.2 Å². The molecule has 9 heteroatoms. The number of rotatable bonds is 27. The highest BCUT2D eigenvalue weighted by atomic mass is 16.7. The molecule has 4 aromatic rings. The topological polar surface area (TPSA) is 110 Å². The van der Waals surface area contributed by atoms with Crippen LogP contribution in [-0.4, -0.2) is 65.5 Å². The molecule has 1 fully saturated rings. The Labute approximate surface area is 406 Å². The summed E-state index contributed by atoms with van der Waals surface area (Å²) in [4.78, 5) is 23.2. The van der Waals surface area contributed by atoms with E-state index in [0.717, 1.165) is 89.4 Å². The lowest BCUT2D eigenvalue weighted by atomic mass is 9.55. The van der Waals surface area contributed by atoms with Gasteiger partial charge in [-0.1, -0.05) is 137 Å². The van der Waals surface area contributed by atoms with E-state index >= 15 is 4.79 Å². The molecule has 1 heterocycles. The van der Waals surface area contributed by atoms with E-state index in [2.05, 4.69) is 99.0 Å². The van der Waals surface area contributed by atoms with E-state index < -0.39 is 17.7 Å². The first kappa shape index (κ1) is 50.9. The summed E-state index contributed by atoms with van der Waals surface area (Å²) in [5, 5.41) is 27.1. The molecule has 1 saturated carbocycles. The number of benzene rings is 4. The summed E-state index contributed by atoms with van der Waals surface area (Å²) in [5.41, 5.74) is 6.26. The average molecular weight is 927 g/mol. The average Bonchev–Trinajstić information content (AvgIpc) is 3.34. The highest BCUT2D eigenvalue weighted by molar-refractivity contribution is 6.03. The predicted octanol–water partition coefficient (Wildman–Crippen LogP) is 13.5. The summed E-state index contributed by atoms with van der Waals surface area (Å²) in [7, 11) is 1.60. The lowest BCUT2D eigenvalue weighted by molar-refractivity contribution is -0.258. The van der Waals surface area contributed by atoms with Gasteiger partial charge >= 0.3 is 0 Å². The summed E-state index contributed by atoms with van der Waals surface area (Å²) in [5.74, 6) is 0.588. The highest BCUT2D eigenvalue weighted by Crippen LogP contribution is 2.62. The van der Waals surface area contributed by atoms with Crippen LogP contribution in [0.1, 0.15) is 144 Å². The first-order chi connectivity index (χ1) is 33.3. The maximum Gasteiger partial charge on any atom is 0.239 e. The van der Waals surface area contributed by atoms with Crippen molar-refractivity contribution in [3.63, 3.8) is 0 Å². The van der Waals surface area contributed by atoms with E-state index in [1.54, 1.807) is 13.2 Å². The van der Waals surface area contributed by atoms with Gasteiger partial charge in [-0.05, 0) is 121 Å². The maximum atomic E-state index is 15.4. The zero-order chi connectivity index (χ0) is 47.9. The molecule has 2 aliphatic carbocycles. The summed E-state index contributed by atoms with van der Waals surface area (Å²) >= 11 is 0. The lowest BCUT2D eigenvalue weighted by Crippen LogP contribution is -2.70. The number of amides is 1. The van der Waals surface area contributed by atoms with Gasteiger partial charge in [0.15, 0.2) is 0 Å². The molecule has 0 saturated heterocycles. The van der Waals surface area contributed by atoms with Crippen LogP contribution >= 0.6 is 0 Å². The number of unbranched alkanes of at least 4 members (excludes halogenated alkanes) is 10. The van der Waals surface area contributed by atoms with Crippen LogP contribution in [0.4, 0.5) is 0 Å². The second-order valence-electron chi connectivity index (χ2n) is 19.5. The molecular formula is C59H78N2O7. The van der Waals surface area contributed by atoms with Gasteiger partial charge < -0.3 is 34.2 Å². The van der Waals surface area contributed by atoms with E-state index in [4.69, 9.17) is 24.2 Å². The molecule has 1 aliphatic heterocycles. The number of aliphatic hydroxyl groups excluding tert-OH is 2. The largest absolute Gasteiger partial charge is 0.459 e. The SMILES string of the molecule is C=CCOC12Oc3ccc(Oc4ccc(C)c(C)c4)cc3C3C(CCCCO)C(CCCCO)C=C(C(=NOC)CC1N(Cc1cccc4ccccc14)C(=O)CCCCCCCCCCC)C32. The normalized spacial score (nSPS) is 22.2. The quantitative estimate of drug-likeness (QED) is 0.0348. The first-order valence-corrected chi connectivity index (χ1v) is 25.9. The molecule has 0 aromatic heterocycles. The molecule has 1 amide bonds. The number of nitrogens with zero attached hydrogens (tertiary/aromatic N) is 2. The minimum Gasteiger partial charge on any atom is -0.459 e. The van der Waals surface area contributed by atoms with Crippen molar-refractivity contribution in [2.45, 2.75) is 154 Å². The van der Waals surface area contributed by atoms with Crippen molar-refractivity contribution in [1.29, 1.82) is 0 Å². The Kier molecular flexibility index (Phi) is 18.8. The lowest BCUT2D eigenvalue weighted by Gasteiger charge is -2.60. The Morgan fingerprint density at radius 3 is 2.28 bits per heavy atom. The third kappa shape index (κ3) is 11.9. The fourth-order valence-electron chi connectivity index (χ4n) is 11.5. The Morgan fingerprint density at radius 2 is 1.54 bits per heavy atom. The number of aryl methyl sites for hydroxylation is 2. The molecule has 9 nitrogen and oxygen atoms in total. The molecule has 68 heavy (non-hydrogen) atoms. The maximum absolute atomic E-state index is 15.4. The zero-order valence-electron chi connectivity index (χ0n) is 41.4. The van der Waals surface area contributed by atoms with Gasteiger partial charge in [0.25, 0.3) is 0 Å². The number of fused-ring (bicyclic) bond motifs is 3. The van der Waals surface area contributed by atoms with Crippen molar-refractivity contribution in [3.05, 3.63) is 125 Å². The number of hydrogen-bond donors (Lipinski definition) is 2.